The highest BCUT2D eigenvalue weighted by atomic mass is 16.6. The molecule has 91 valence electrons. The molecule has 1 saturated heterocycles. The number of amides is 1. The van der Waals surface area contributed by atoms with Crippen LogP contribution in [0.5, 0.6) is 0 Å². The number of carbonyl (C=O) groups is 1. The molecule has 0 aromatic carbocycles. The molecule has 1 unspecified atom stereocenters. The van der Waals surface area contributed by atoms with Crippen molar-refractivity contribution in [3.8, 4) is 0 Å². The molecule has 0 saturated carbocycles. The Bertz CT molecular complexity index is 260. The SMILES string of the molecule is CC(C)(C)OC(=O)C1CCCCN1N[C]=O. The average molecular weight is 227 g/mol. The van der Waals surface area contributed by atoms with Crippen molar-refractivity contribution in [1.82, 2.24) is 10.4 Å². The zero-order valence-electron chi connectivity index (χ0n) is 10.1. The quantitative estimate of drug-likeness (QED) is 0.571. The fraction of sp³-hybridized carbons (Fsp3) is 0.818. The van der Waals surface area contributed by atoms with Crippen LogP contribution in [0.3, 0.4) is 0 Å². The van der Waals surface area contributed by atoms with Crippen LogP contribution in [0.1, 0.15) is 40.0 Å². The Hall–Kier alpha value is -1.10. The van der Waals surface area contributed by atoms with Gasteiger partial charge in [0.05, 0.1) is 0 Å². The summed E-state index contributed by atoms with van der Waals surface area (Å²) in [5, 5.41) is 1.60. The molecule has 0 bridgehead atoms. The molecule has 5 heteroatoms. The highest BCUT2D eigenvalue weighted by molar-refractivity contribution is 5.76. The lowest BCUT2D eigenvalue weighted by Crippen LogP contribution is -2.53. The van der Waals surface area contributed by atoms with E-state index in [9.17, 15) is 9.59 Å². The first kappa shape index (κ1) is 13.0. The molecule has 0 aromatic heterocycles. The lowest BCUT2D eigenvalue weighted by molar-refractivity contribution is -0.163. The summed E-state index contributed by atoms with van der Waals surface area (Å²) in [5.41, 5.74) is 1.93. The Morgan fingerprint density at radius 2 is 2.12 bits per heavy atom. The summed E-state index contributed by atoms with van der Waals surface area (Å²) in [5.74, 6) is -0.282. The molecule has 1 heterocycles. The molecule has 0 spiro atoms. The van der Waals surface area contributed by atoms with Crippen molar-refractivity contribution < 1.29 is 14.3 Å². The summed E-state index contributed by atoms with van der Waals surface area (Å²) in [4.78, 5) is 22.2. The molecule has 1 aliphatic rings. The van der Waals surface area contributed by atoms with E-state index in [-0.39, 0.29) is 12.0 Å². The summed E-state index contributed by atoms with van der Waals surface area (Å²) in [6.07, 6.45) is 4.25. The van der Waals surface area contributed by atoms with Crippen molar-refractivity contribution >= 4 is 12.4 Å². The van der Waals surface area contributed by atoms with Gasteiger partial charge in [0.25, 0.3) is 0 Å². The number of piperidine rings is 1. The summed E-state index contributed by atoms with van der Waals surface area (Å²) >= 11 is 0. The van der Waals surface area contributed by atoms with Crippen LogP contribution < -0.4 is 5.43 Å². The second-order valence-corrected chi connectivity index (χ2v) is 4.95. The Morgan fingerprint density at radius 3 is 2.69 bits per heavy atom. The van der Waals surface area contributed by atoms with Gasteiger partial charge in [-0.15, -0.1) is 0 Å². The number of carbonyl (C=O) groups excluding carboxylic acids is 2. The van der Waals surface area contributed by atoms with Crippen LogP contribution in [0.4, 0.5) is 0 Å². The minimum atomic E-state index is -0.495. The minimum absolute atomic E-state index is 0.282. The van der Waals surface area contributed by atoms with E-state index in [0.29, 0.717) is 13.0 Å². The van der Waals surface area contributed by atoms with Gasteiger partial charge in [-0.2, -0.15) is 0 Å². The molecule has 1 aliphatic heterocycles. The molecule has 1 fully saturated rings. The minimum Gasteiger partial charge on any atom is -0.459 e. The van der Waals surface area contributed by atoms with Crippen LogP contribution in [-0.2, 0) is 14.3 Å². The van der Waals surface area contributed by atoms with Crippen molar-refractivity contribution in [2.45, 2.75) is 51.7 Å². The van der Waals surface area contributed by atoms with Gasteiger partial charge >= 0.3 is 12.4 Å². The first-order valence-electron chi connectivity index (χ1n) is 5.56. The van der Waals surface area contributed by atoms with Crippen LogP contribution in [0.2, 0.25) is 0 Å². The van der Waals surface area contributed by atoms with Crippen LogP contribution in [0.15, 0.2) is 0 Å². The fourth-order valence-corrected chi connectivity index (χ4v) is 1.74. The maximum atomic E-state index is 11.9. The summed E-state index contributed by atoms with van der Waals surface area (Å²) in [6.45, 7) is 6.16. The van der Waals surface area contributed by atoms with Crippen LogP contribution in [0, 0.1) is 0 Å². The van der Waals surface area contributed by atoms with Gasteiger partial charge < -0.3 is 4.74 Å². The van der Waals surface area contributed by atoms with Crippen LogP contribution in [-0.4, -0.2) is 35.6 Å². The molecular weight excluding hydrogens is 208 g/mol. The zero-order chi connectivity index (χ0) is 12.2. The first-order valence-corrected chi connectivity index (χ1v) is 5.56. The third-order valence-corrected chi connectivity index (χ3v) is 2.37. The molecule has 16 heavy (non-hydrogen) atoms. The van der Waals surface area contributed by atoms with Gasteiger partial charge in [0.15, 0.2) is 0 Å². The molecule has 1 rings (SSSR count). The van der Waals surface area contributed by atoms with E-state index in [1.807, 2.05) is 20.8 Å². The van der Waals surface area contributed by atoms with Gasteiger partial charge in [-0.1, -0.05) is 0 Å². The Balaban J connectivity index is 2.60. The third-order valence-electron chi connectivity index (χ3n) is 2.37. The smallest absolute Gasteiger partial charge is 0.325 e. The molecule has 5 nitrogen and oxygen atoms in total. The largest absolute Gasteiger partial charge is 0.459 e. The van der Waals surface area contributed by atoms with Gasteiger partial charge in [0.1, 0.15) is 11.6 Å². The standard InChI is InChI=1S/C11H19N2O3/c1-11(2,3)16-10(15)9-6-4-5-7-13(9)12-8-14/h9H,4-7H2,1-3H3,(H,12,14). The lowest BCUT2D eigenvalue weighted by Gasteiger charge is -2.34. The van der Waals surface area contributed by atoms with E-state index in [4.69, 9.17) is 4.74 Å². The molecule has 0 aromatic rings. The summed E-state index contributed by atoms with van der Waals surface area (Å²) < 4.78 is 5.30. The van der Waals surface area contributed by atoms with Crippen molar-refractivity contribution in [2.75, 3.05) is 6.54 Å². The molecule has 1 N–H and O–H groups in total. The first-order chi connectivity index (χ1) is 7.44. The normalized spacial score (nSPS) is 22.6. The number of hydrogen-bond acceptors (Lipinski definition) is 4. The van der Waals surface area contributed by atoms with Crippen LogP contribution in [0.25, 0.3) is 0 Å². The number of hydrogen-bond donors (Lipinski definition) is 1. The van der Waals surface area contributed by atoms with E-state index in [2.05, 4.69) is 5.43 Å². The van der Waals surface area contributed by atoms with Gasteiger partial charge in [-0.3, -0.25) is 15.0 Å². The second kappa shape index (κ2) is 5.30. The van der Waals surface area contributed by atoms with E-state index in [1.54, 1.807) is 11.4 Å². The van der Waals surface area contributed by atoms with Crippen LogP contribution >= 0.6 is 0 Å². The Morgan fingerprint density at radius 1 is 1.44 bits per heavy atom. The van der Waals surface area contributed by atoms with E-state index >= 15 is 0 Å². The highest BCUT2D eigenvalue weighted by Crippen LogP contribution is 2.18. The predicted molar refractivity (Wildman–Crippen MR) is 59.0 cm³/mol. The fourth-order valence-electron chi connectivity index (χ4n) is 1.74. The summed E-state index contributed by atoms with van der Waals surface area (Å²) in [6, 6.07) is -0.380. The monoisotopic (exact) mass is 227 g/mol. The Kier molecular flexibility index (Phi) is 4.29. The van der Waals surface area contributed by atoms with E-state index in [0.717, 1.165) is 12.8 Å². The molecular formula is C11H19N2O3. The van der Waals surface area contributed by atoms with Crippen molar-refractivity contribution in [1.29, 1.82) is 0 Å². The van der Waals surface area contributed by atoms with Gasteiger partial charge in [-0.25, -0.2) is 5.01 Å². The summed E-state index contributed by atoms with van der Waals surface area (Å²) in [7, 11) is 0. The number of esters is 1. The maximum Gasteiger partial charge on any atom is 0.325 e. The lowest BCUT2D eigenvalue weighted by atomic mass is 10.0. The Labute approximate surface area is 96.1 Å². The number of hydrazine groups is 1. The number of nitrogens with zero attached hydrogens (tertiary/aromatic N) is 1. The van der Waals surface area contributed by atoms with Gasteiger partial charge in [0.2, 0.25) is 0 Å². The average Bonchev–Trinajstić information content (AvgIpc) is 2.16. The zero-order valence-corrected chi connectivity index (χ0v) is 10.1. The molecule has 1 atom stereocenters. The molecule has 0 aliphatic carbocycles. The highest BCUT2D eigenvalue weighted by Gasteiger charge is 2.32. The second-order valence-electron chi connectivity index (χ2n) is 4.95. The molecule has 1 amide bonds. The number of ether oxygens (including phenoxy) is 1. The maximum absolute atomic E-state index is 11.9. The number of nitrogens with one attached hydrogen (secondary N) is 1. The van der Waals surface area contributed by atoms with E-state index in [1.165, 1.54) is 0 Å². The van der Waals surface area contributed by atoms with Gasteiger partial charge in [0, 0.05) is 6.54 Å². The van der Waals surface area contributed by atoms with Crippen molar-refractivity contribution in [3.63, 3.8) is 0 Å². The van der Waals surface area contributed by atoms with Crippen molar-refractivity contribution in [3.05, 3.63) is 0 Å². The molecule has 1 radical (unpaired) electrons. The number of rotatable bonds is 3. The van der Waals surface area contributed by atoms with E-state index < -0.39 is 5.60 Å². The van der Waals surface area contributed by atoms with Gasteiger partial charge in [-0.05, 0) is 40.0 Å². The predicted octanol–water partition coefficient (Wildman–Crippen LogP) is 0.754. The third kappa shape index (κ3) is 3.81. The topological polar surface area (TPSA) is 58.6 Å². The van der Waals surface area contributed by atoms with Crippen molar-refractivity contribution in [2.24, 2.45) is 0 Å².